The summed E-state index contributed by atoms with van der Waals surface area (Å²) < 4.78 is 19.1. The average molecular weight is 293 g/mol. The van der Waals surface area contributed by atoms with Crippen molar-refractivity contribution in [2.24, 2.45) is 5.92 Å². The lowest BCUT2D eigenvalue weighted by Crippen LogP contribution is -2.23. The van der Waals surface area contributed by atoms with Crippen molar-refractivity contribution in [2.45, 2.75) is 57.9 Å². The highest BCUT2D eigenvalue weighted by molar-refractivity contribution is 5.36. The van der Waals surface area contributed by atoms with Gasteiger partial charge in [-0.05, 0) is 49.9 Å². The summed E-state index contributed by atoms with van der Waals surface area (Å²) in [4.78, 5) is 0. The van der Waals surface area contributed by atoms with Gasteiger partial charge in [-0.3, -0.25) is 0 Å². The van der Waals surface area contributed by atoms with Crippen LogP contribution < -0.4 is 10.1 Å². The molecule has 0 radical (unpaired) electrons. The van der Waals surface area contributed by atoms with Crippen LogP contribution in [0.3, 0.4) is 0 Å². The molecule has 118 valence electrons. The van der Waals surface area contributed by atoms with Crippen molar-refractivity contribution in [2.75, 3.05) is 13.7 Å². The molecule has 1 aliphatic rings. The molecule has 1 N–H and O–H groups in total. The predicted molar refractivity (Wildman–Crippen MR) is 85.2 cm³/mol. The van der Waals surface area contributed by atoms with Crippen molar-refractivity contribution in [3.8, 4) is 5.75 Å². The van der Waals surface area contributed by atoms with Gasteiger partial charge in [0.25, 0.3) is 0 Å². The van der Waals surface area contributed by atoms with E-state index < -0.39 is 0 Å². The molecule has 0 heterocycles. The molecule has 1 unspecified atom stereocenters. The number of nitrogens with one attached hydrogen (secondary N) is 1. The Morgan fingerprint density at radius 3 is 2.76 bits per heavy atom. The highest BCUT2D eigenvalue weighted by Gasteiger charge is 2.20. The van der Waals surface area contributed by atoms with Crippen LogP contribution in [0.1, 0.15) is 63.5 Å². The van der Waals surface area contributed by atoms with Crippen molar-refractivity contribution in [3.05, 3.63) is 29.6 Å². The van der Waals surface area contributed by atoms with Crippen molar-refractivity contribution in [3.63, 3.8) is 0 Å². The molecular weight excluding hydrogens is 265 g/mol. The molecule has 0 amide bonds. The molecule has 0 aliphatic heterocycles. The van der Waals surface area contributed by atoms with Crippen LogP contribution in [0.4, 0.5) is 4.39 Å². The molecule has 3 heteroatoms. The van der Waals surface area contributed by atoms with E-state index in [1.165, 1.54) is 38.2 Å². The summed E-state index contributed by atoms with van der Waals surface area (Å²) >= 11 is 0. The van der Waals surface area contributed by atoms with Gasteiger partial charge in [-0.15, -0.1) is 0 Å². The largest absolute Gasteiger partial charge is 0.496 e. The van der Waals surface area contributed by atoms with Gasteiger partial charge in [0.15, 0.2) is 0 Å². The second kappa shape index (κ2) is 8.38. The first-order valence-electron chi connectivity index (χ1n) is 8.31. The highest BCUT2D eigenvalue weighted by atomic mass is 19.1. The Labute approximate surface area is 128 Å². The monoisotopic (exact) mass is 293 g/mol. The number of methoxy groups -OCH3 is 1. The standard InChI is InChI=1S/C18H28FNO/c1-3-12-20-17(10-8-14-6-4-5-7-14)16-13-15(19)9-11-18(16)21-2/h9,11,13-14,17,20H,3-8,10,12H2,1-2H3. The zero-order chi connectivity index (χ0) is 15.1. The molecule has 1 saturated carbocycles. The van der Waals surface area contributed by atoms with Crippen LogP contribution in [0.5, 0.6) is 5.75 Å². The van der Waals surface area contributed by atoms with Crippen LogP contribution in [0.25, 0.3) is 0 Å². The molecule has 1 atom stereocenters. The van der Waals surface area contributed by atoms with Gasteiger partial charge in [0, 0.05) is 11.6 Å². The number of rotatable bonds is 8. The topological polar surface area (TPSA) is 21.3 Å². The SMILES string of the molecule is CCCNC(CCC1CCCC1)c1cc(F)ccc1OC. The lowest BCUT2D eigenvalue weighted by atomic mass is 9.94. The molecule has 0 bridgehead atoms. The van der Waals surface area contributed by atoms with E-state index in [1.54, 1.807) is 19.2 Å². The van der Waals surface area contributed by atoms with Crippen LogP contribution in [0.2, 0.25) is 0 Å². The molecule has 1 fully saturated rings. The Balaban J connectivity index is 2.08. The van der Waals surface area contributed by atoms with Gasteiger partial charge in [-0.2, -0.15) is 0 Å². The van der Waals surface area contributed by atoms with Gasteiger partial charge in [0.2, 0.25) is 0 Å². The first kappa shape index (κ1) is 16.3. The molecule has 1 aromatic carbocycles. The zero-order valence-electron chi connectivity index (χ0n) is 13.3. The molecular formula is C18H28FNO. The van der Waals surface area contributed by atoms with Gasteiger partial charge in [0.05, 0.1) is 7.11 Å². The number of benzene rings is 1. The maximum atomic E-state index is 13.6. The quantitative estimate of drug-likeness (QED) is 0.740. The minimum Gasteiger partial charge on any atom is -0.496 e. The molecule has 1 aromatic rings. The van der Waals surface area contributed by atoms with Gasteiger partial charge in [0.1, 0.15) is 11.6 Å². The van der Waals surface area contributed by atoms with E-state index in [1.807, 2.05) is 0 Å². The Morgan fingerprint density at radius 1 is 1.33 bits per heavy atom. The van der Waals surface area contributed by atoms with E-state index in [0.717, 1.165) is 36.6 Å². The first-order valence-corrected chi connectivity index (χ1v) is 8.31. The Bertz CT molecular complexity index is 429. The summed E-state index contributed by atoms with van der Waals surface area (Å²) in [5.41, 5.74) is 0.962. The van der Waals surface area contributed by atoms with E-state index in [9.17, 15) is 4.39 Å². The van der Waals surface area contributed by atoms with Crippen LogP contribution in [-0.4, -0.2) is 13.7 Å². The number of ether oxygens (including phenoxy) is 1. The lowest BCUT2D eigenvalue weighted by molar-refractivity contribution is 0.376. The summed E-state index contributed by atoms with van der Waals surface area (Å²) in [5.74, 6) is 1.46. The average Bonchev–Trinajstić information content (AvgIpc) is 3.01. The van der Waals surface area contributed by atoms with E-state index in [-0.39, 0.29) is 11.9 Å². The maximum Gasteiger partial charge on any atom is 0.123 e. The Kier molecular flexibility index (Phi) is 6.50. The molecule has 21 heavy (non-hydrogen) atoms. The van der Waals surface area contributed by atoms with Gasteiger partial charge in [-0.1, -0.05) is 32.6 Å². The summed E-state index contributed by atoms with van der Waals surface area (Å²) in [5, 5.41) is 3.56. The Hall–Kier alpha value is -1.09. The number of hydrogen-bond acceptors (Lipinski definition) is 2. The minimum absolute atomic E-state index is 0.185. The van der Waals surface area contributed by atoms with E-state index in [2.05, 4.69) is 12.2 Å². The maximum absolute atomic E-state index is 13.6. The fraction of sp³-hybridized carbons (Fsp3) is 0.667. The van der Waals surface area contributed by atoms with Crippen LogP contribution in [0.15, 0.2) is 18.2 Å². The summed E-state index contributed by atoms with van der Waals surface area (Å²) in [6, 6.07) is 5.02. The number of halogens is 1. The fourth-order valence-corrected chi connectivity index (χ4v) is 3.37. The third-order valence-corrected chi connectivity index (χ3v) is 4.55. The number of hydrogen-bond donors (Lipinski definition) is 1. The van der Waals surface area contributed by atoms with Crippen molar-refractivity contribution < 1.29 is 9.13 Å². The molecule has 0 spiro atoms. The summed E-state index contributed by atoms with van der Waals surface area (Å²) in [7, 11) is 1.66. The fourth-order valence-electron chi connectivity index (χ4n) is 3.37. The van der Waals surface area contributed by atoms with Crippen LogP contribution in [0, 0.1) is 11.7 Å². The van der Waals surface area contributed by atoms with Gasteiger partial charge in [-0.25, -0.2) is 4.39 Å². The van der Waals surface area contributed by atoms with Crippen LogP contribution in [-0.2, 0) is 0 Å². The van der Waals surface area contributed by atoms with Gasteiger partial charge >= 0.3 is 0 Å². The molecule has 0 saturated heterocycles. The molecule has 2 rings (SSSR count). The molecule has 2 nitrogen and oxygen atoms in total. The smallest absolute Gasteiger partial charge is 0.123 e. The molecule has 0 aromatic heterocycles. The van der Waals surface area contributed by atoms with E-state index in [0.29, 0.717) is 0 Å². The summed E-state index contributed by atoms with van der Waals surface area (Å²) in [6.07, 6.45) is 8.84. The second-order valence-corrected chi connectivity index (χ2v) is 6.12. The normalized spacial score (nSPS) is 17.1. The van der Waals surface area contributed by atoms with E-state index >= 15 is 0 Å². The van der Waals surface area contributed by atoms with Crippen molar-refractivity contribution in [1.29, 1.82) is 0 Å². The molecule has 1 aliphatic carbocycles. The van der Waals surface area contributed by atoms with Crippen molar-refractivity contribution in [1.82, 2.24) is 5.32 Å². The van der Waals surface area contributed by atoms with Crippen molar-refractivity contribution >= 4 is 0 Å². The van der Waals surface area contributed by atoms with Crippen LogP contribution >= 0.6 is 0 Å². The third-order valence-electron chi connectivity index (χ3n) is 4.55. The lowest BCUT2D eigenvalue weighted by Gasteiger charge is -2.23. The summed E-state index contributed by atoms with van der Waals surface area (Å²) in [6.45, 7) is 3.11. The Morgan fingerprint density at radius 2 is 2.10 bits per heavy atom. The predicted octanol–water partition coefficient (Wildman–Crippen LogP) is 4.85. The minimum atomic E-state index is -0.185. The zero-order valence-corrected chi connectivity index (χ0v) is 13.3. The van der Waals surface area contributed by atoms with E-state index in [4.69, 9.17) is 4.74 Å². The van der Waals surface area contributed by atoms with Gasteiger partial charge < -0.3 is 10.1 Å². The third kappa shape index (κ3) is 4.70. The highest BCUT2D eigenvalue weighted by Crippen LogP contribution is 2.34. The first-order chi connectivity index (χ1) is 10.2. The second-order valence-electron chi connectivity index (χ2n) is 6.12.